The molecule has 7 heteroatoms. The zero-order valence-electron chi connectivity index (χ0n) is 13.1. The zero-order chi connectivity index (χ0) is 16.4. The van der Waals surface area contributed by atoms with E-state index in [2.05, 4.69) is 10.6 Å². The van der Waals surface area contributed by atoms with E-state index in [1.54, 1.807) is 41.1 Å². The van der Waals surface area contributed by atoms with Crippen LogP contribution in [0.4, 0.5) is 14.9 Å². The molecular weight excluding hydrogens is 299 g/mol. The van der Waals surface area contributed by atoms with Gasteiger partial charge in [0.05, 0.1) is 6.54 Å². The quantitative estimate of drug-likeness (QED) is 0.869. The maximum absolute atomic E-state index is 13.7. The van der Waals surface area contributed by atoms with E-state index in [4.69, 9.17) is 0 Å². The number of likely N-dealkylation sites (tertiary alicyclic amines) is 1. The molecule has 124 valence electrons. The average Bonchev–Trinajstić information content (AvgIpc) is 3.13. The molecule has 3 amide bonds. The summed E-state index contributed by atoms with van der Waals surface area (Å²) in [5.41, 5.74) is 1.27. The minimum atomic E-state index is -0.968. The largest absolute Gasteiger partial charge is 0.336 e. The van der Waals surface area contributed by atoms with Crippen LogP contribution in [0.5, 0.6) is 0 Å². The zero-order valence-corrected chi connectivity index (χ0v) is 13.1. The van der Waals surface area contributed by atoms with Crippen molar-refractivity contribution in [3.63, 3.8) is 0 Å². The highest BCUT2D eigenvalue weighted by molar-refractivity contribution is 5.97. The smallest absolute Gasteiger partial charge is 0.321 e. The van der Waals surface area contributed by atoms with Crippen LogP contribution in [0.15, 0.2) is 24.3 Å². The van der Waals surface area contributed by atoms with Gasteiger partial charge in [0.15, 0.2) is 0 Å². The Labute approximate surface area is 134 Å². The summed E-state index contributed by atoms with van der Waals surface area (Å²) in [6.45, 7) is 1.96. The summed E-state index contributed by atoms with van der Waals surface area (Å²) in [5, 5.41) is 5.74. The van der Waals surface area contributed by atoms with Crippen molar-refractivity contribution >= 4 is 17.6 Å². The standard InChI is InChI=1S/C16H21FN4O2/c1-18-9-14-8-12(17)10-21(14)15(22)11-2-4-13(5-3-11)20-7-6-19-16(20)23/h2-5,12,14,18H,6-10H2,1H3,(H,19,23)/t12-,14-/m0/s1. The summed E-state index contributed by atoms with van der Waals surface area (Å²) >= 11 is 0. The minimum absolute atomic E-state index is 0.119. The lowest BCUT2D eigenvalue weighted by Crippen LogP contribution is -2.41. The number of benzene rings is 1. The predicted molar refractivity (Wildman–Crippen MR) is 85.5 cm³/mol. The van der Waals surface area contributed by atoms with Crippen molar-refractivity contribution in [1.29, 1.82) is 0 Å². The lowest BCUT2D eigenvalue weighted by molar-refractivity contribution is 0.0730. The SMILES string of the molecule is CNC[C@@H]1C[C@H](F)CN1C(=O)c1ccc(N2CCNC2=O)cc1. The van der Waals surface area contributed by atoms with Gasteiger partial charge in [-0.05, 0) is 31.3 Å². The first kappa shape index (κ1) is 15.7. The highest BCUT2D eigenvalue weighted by Gasteiger charge is 2.35. The molecule has 3 rings (SSSR count). The Morgan fingerprint density at radius 2 is 2.13 bits per heavy atom. The predicted octanol–water partition coefficient (Wildman–Crippen LogP) is 0.988. The molecule has 1 aromatic carbocycles. The monoisotopic (exact) mass is 320 g/mol. The van der Waals surface area contributed by atoms with Crippen LogP contribution in [0.1, 0.15) is 16.8 Å². The Morgan fingerprint density at radius 3 is 2.74 bits per heavy atom. The van der Waals surface area contributed by atoms with Crippen molar-refractivity contribution in [3.05, 3.63) is 29.8 Å². The maximum atomic E-state index is 13.7. The fourth-order valence-electron chi connectivity index (χ4n) is 3.21. The summed E-state index contributed by atoms with van der Waals surface area (Å²) in [5.74, 6) is -0.164. The number of hydrogen-bond acceptors (Lipinski definition) is 3. The highest BCUT2D eigenvalue weighted by Crippen LogP contribution is 2.24. The van der Waals surface area contributed by atoms with E-state index in [0.29, 0.717) is 31.6 Å². The van der Waals surface area contributed by atoms with Crippen LogP contribution < -0.4 is 15.5 Å². The summed E-state index contributed by atoms with van der Waals surface area (Å²) < 4.78 is 13.7. The van der Waals surface area contributed by atoms with Gasteiger partial charge in [-0.25, -0.2) is 9.18 Å². The van der Waals surface area contributed by atoms with Crippen molar-refractivity contribution in [2.45, 2.75) is 18.6 Å². The molecule has 2 atom stereocenters. The van der Waals surface area contributed by atoms with Gasteiger partial charge in [0, 0.05) is 43.3 Å². The summed E-state index contributed by atoms with van der Waals surface area (Å²) in [6.07, 6.45) is -0.594. The van der Waals surface area contributed by atoms with Crippen molar-refractivity contribution in [2.75, 3.05) is 38.1 Å². The molecule has 1 aromatic rings. The van der Waals surface area contributed by atoms with Gasteiger partial charge >= 0.3 is 6.03 Å². The number of hydrogen-bond donors (Lipinski definition) is 2. The Balaban J connectivity index is 1.73. The number of anilines is 1. The van der Waals surface area contributed by atoms with Crippen LogP contribution in [0.3, 0.4) is 0 Å². The number of carbonyl (C=O) groups excluding carboxylic acids is 2. The van der Waals surface area contributed by atoms with E-state index < -0.39 is 6.17 Å². The number of carbonyl (C=O) groups is 2. The highest BCUT2D eigenvalue weighted by atomic mass is 19.1. The molecule has 2 aliphatic heterocycles. The number of amides is 3. The molecule has 0 radical (unpaired) electrons. The van der Waals surface area contributed by atoms with E-state index in [9.17, 15) is 14.0 Å². The summed E-state index contributed by atoms with van der Waals surface area (Å²) in [6, 6.07) is 6.67. The molecule has 0 unspecified atom stereocenters. The molecule has 2 N–H and O–H groups in total. The van der Waals surface area contributed by atoms with Crippen molar-refractivity contribution in [1.82, 2.24) is 15.5 Å². The second-order valence-corrected chi connectivity index (χ2v) is 5.93. The molecule has 2 saturated heterocycles. The summed E-state index contributed by atoms with van der Waals surface area (Å²) in [7, 11) is 1.80. The van der Waals surface area contributed by atoms with Gasteiger partial charge in [-0.2, -0.15) is 0 Å². The van der Waals surface area contributed by atoms with Crippen LogP contribution in [-0.2, 0) is 0 Å². The topological polar surface area (TPSA) is 64.7 Å². The molecule has 2 aliphatic rings. The van der Waals surface area contributed by atoms with Gasteiger partial charge in [0.2, 0.25) is 0 Å². The van der Waals surface area contributed by atoms with Gasteiger partial charge < -0.3 is 15.5 Å². The molecule has 0 bridgehead atoms. The lowest BCUT2D eigenvalue weighted by atomic mass is 10.1. The first-order chi connectivity index (χ1) is 11.1. The fraction of sp³-hybridized carbons (Fsp3) is 0.500. The molecular formula is C16H21FN4O2. The first-order valence-electron chi connectivity index (χ1n) is 7.85. The van der Waals surface area contributed by atoms with Crippen LogP contribution >= 0.6 is 0 Å². The Hall–Kier alpha value is -2.15. The number of halogens is 1. The molecule has 23 heavy (non-hydrogen) atoms. The van der Waals surface area contributed by atoms with E-state index in [1.807, 2.05) is 0 Å². The fourth-order valence-corrected chi connectivity index (χ4v) is 3.21. The molecule has 0 spiro atoms. The Kier molecular flexibility index (Phi) is 4.47. The maximum Gasteiger partial charge on any atom is 0.321 e. The molecule has 0 aromatic heterocycles. The molecule has 6 nitrogen and oxygen atoms in total. The van der Waals surface area contributed by atoms with Crippen LogP contribution in [-0.4, -0.2) is 62.3 Å². The van der Waals surface area contributed by atoms with Crippen molar-refractivity contribution in [3.8, 4) is 0 Å². The molecule has 2 fully saturated rings. The molecule has 2 heterocycles. The molecule has 0 aliphatic carbocycles. The van der Waals surface area contributed by atoms with Gasteiger partial charge in [-0.15, -0.1) is 0 Å². The number of rotatable bonds is 4. The lowest BCUT2D eigenvalue weighted by Gasteiger charge is -2.24. The third-order valence-corrected chi connectivity index (χ3v) is 4.35. The van der Waals surface area contributed by atoms with Crippen LogP contribution in [0.25, 0.3) is 0 Å². The van der Waals surface area contributed by atoms with Gasteiger partial charge in [0.1, 0.15) is 6.17 Å². The second kappa shape index (κ2) is 6.54. The van der Waals surface area contributed by atoms with Crippen LogP contribution in [0.2, 0.25) is 0 Å². The van der Waals surface area contributed by atoms with Gasteiger partial charge in [-0.3, -0.25) is 9.69 Å². The first-order valence-corrected chi connectivity index (χ1v) is 7.85. The third kappa shape index (κ3) is 3.14. The normalized spacial score (nSPS) is 24.2. The van der Waals surface area contributed by atoms with Crippen molar-refractivity contribution < 1.29 is 14.0 Å². The van der Waals surface area contributed by atoms with E-state index in [1.165, 1.54) is 0 Å². The minimum Gasteiger partial charge on any atom is -0.336 e. The van der Waals surface area contributed by atoms with E-state index in [-0.39, 0.29) is 24.5 Å². The van der Waals surface area contributed by atoms with E-state index in [0.717, 1.165) is 5.69 Å². The van der Waals surface area contributed by atoms with Crippen molar-refractivity contribution in [2.24, 2.45) is 0 Å². The average molecular weight is 320 g/mol. The molecule has 0 saturated carbocycles. The number of urea groups is 1. The van der Waals surface area contributed by atoms with Gasteiger partial charge in [0.25, 0.3) is 5.91 Å². The number of nitrogens with one attached hydrogen (secondary N) is 2. The summed E-state index contributed by atoms with van der Waals surface area (Å²) in [4.78, 5) is 27.5. The Morgan fingerprint density at radius 1 is 1.39 bits per heavy atom. The van der Waals surface area contributed by atoms with Crippen LogP contribution in [0, 0.1) is 0 Å². The second-order valence-electron chi connectivity index (χ2n) is 5.93. The third-order valence-electron chi connectivity index (χ3n) is 4.35. The number of likely N-dealkylation sites (N-methyl/N-ethyl adjacent to an activating group) is 1. The Bertz CT molecular complexity index is 592. The number of nitrogens with zero attached hydrogens (tertiary/aromatic N) is 2. The number of alkyl halides is 1. The van der Waals surface area contributed by atoms with Gasteiger partial charge in [-0.1, -0.05) is 0 Å². The van der Waals surface area contributed by atoms with E-state index >= 15 is 0 Å².